The second-order valence-corrected chi connectivity index (χ2v) is 7.25. The van der Waals surface area contributed by atoms with Crippen LogP contribution in [0.3, 0.4) is 0 Å². The van der Waals surface area contributed by atoms with Crippen LogP contribution in [-0.4, -0.2) is 48.7 Å². The molecule has 124 valence electrons. The Morgan fingerprint density at radius 1 is 1.35 bits per heavy atom. The number of hydrogen-bond donors (Lipinski definition) is 1. The van der Waals surface area contributed by atoms with Gasteiger partial charge in [-0.15, -0.1) is 0 Å². The maximum absolute atomic E-state index is 13.1. The summed E-state index contributed by atoms with van der Waals surface area (Å²) in [6, 6.07) is 4.34. The van der Waals surface area contributed by atoms with E-state index in [4.69, 9.17) is 16.3 Å². The van der Waals surface area contributed by atoms with Gasteiger partial charge in [-0.3, -0.25) is 9.69 Å². The van der Waals surface area contributed by atoms with E-state index in [0.29, 0.717) is 17.7 Å². The van der Waals surface area contributed by atoms with E-state index in [9.17, 15) is 9.18 Å². The molecule has 0 radical (unpaired) electrons. The molecule has 2 saturated heterocycles. The quantitative estimate of drug-likeness (QED) is 0.920. The lowest BCUT2D eigenvalue weighted by Crippen LogP contribution is -2.47. The fourth-order valence-electron chi connectivity index (χ4n) is 3.69. The average molecular weight is 339 g/mol. The lowest BCUT2D eigenvalue weighted by molar-refractivity contribution is -0.0581. The Bertz CT molecular complexity index is 623. The first-order valence-corrected chi connectivity index (χ1v) is 8.59. The molecule has 1 N–H and O–H groups in total. The molecular weight excluding hydrogens is 319 g/mol. The highest BCUT2D eigenvalue weighted by atomic mass is 35.5. The highest BCUT2D eigenvalue weighted by Crippen LogP contribution is 2.37. The summed E-state index contributed by atoms with van der Waals surface area (Å²) in [6.45, 7) is 2.58. The van der Waals surface area contributed by atoms with Gasteiger partial charge in [0.1, 0.15) is 5.82 Å². The molecule has 3 aliphatic rings. The van der Waals surface area contributed by atoms with E-state index in [0.717, 1.165) is 32.0 Å². The van der Waals surface area contributed by atoms with E-state index in [1.165, 1.54) is 31.0 Å². The van der Waals surface area contributed by atoms with Crippen LogP contribution < -0.4 is 5.32 Å². The van der Waals surface area contributed by atoms with E-state index in [1.807, 2.05) is 0 Å². The zero-order valence-electron chi connectivity index (χ0n) is 12.8. The Labute approximate surface area is 139 Å². The minimum atomic E-state index is -0.437. The van der Waals surface area contributed by atoms with Crippen molar-refractivity contribution in [2.24, 2.45) is 5.92 Å². The molecule has 0 aromatic heterocycles. The number of amides is 1. The number of ether oxygens (including phenoxy) is 1. The molecule has 0 spiro atoms. The minimum absolute atomic E-state index is 0.0928. The molecule has 1 aliphatic carbocycles. The molecule has 1 aromatic rings. The molecule has 4 nitrogen and oxygen atoms in total. The van der Waals surface area contributed by atoms with Crippen LogP contribution in [0.5, 0.6) is 0 Å². The van der Waals surface area contributed by atoms with Crippen molar-refractivity contribution >= 4 is 17.5 Å². The Morgan fingerprint density at radius 2 is 2.17 bits per heavy atom. The summed E-state index contributed by atoms with van der Waals surface area (Å²) in [5.74, 6) is 0.0648. The summed E-state index contributed by atoms with van der Waals surface area (Å²) in [5.41, 5.74) is 0.324. The predicted octanol–water partition coefficient (Wildman–Crippen LogP) is 2.46. The van der Waals surface area contributed by atoms with Gasteiger partial charge >= 0.3 is 0 Å². The molecule has 0 bridgehead atoms. The monoisotopic (exact) mass is 338 g/mol. The molecule has 23 heavy (non-hydrogen) atoms. The van der Waals surface area contributed by atoms with Crippen LogP contribution in [0.25, 0.3) is 0 Å². The summed E-state index contributed by atoms with van der Waals surface area (Å²) in [7, 11) is 0. The molecule has 3 atom stereocenters. The number of carbonyl (C=O) groups excluding carboxylic acids is 1. The number of hydrogen-bond acceptors (Lipinski definition) is 3. The van der Waals surface area contributed by atoms with Gasteiger partial charge in [0, 0.05) is 25.2 Å². The zero-order chi connectivity index (χ0) is 16.0. The van der Waals surface area contributed by atoms with Crippen LogP contribution in [0.1, 0.15) is 29.6 Å². The zero-order valence-corrected chi connectivity index (χ0v) is 13.6. The normalized spacial score (nSPS) is 31.0. The van der Waals surface area contributed by atoms with E-state index in [2.05, 4.69) is 10.2 Å². The molecule has 3 fully saturated rings. The van der Waals surface area contributed by atoms with E-state index >= 15 is 0 Å². The molecular formula is C17H20ClFN2O2. The first-order valence-electron chi connectivity index (χ1n) is 8.21. The maximum atomic E-state index is 13.1. The van der Waals surface area contributed by atoms with Crippen molar-refractivity contribution in [2.45, 2.75) is 37.5 Å². The van der Waals surface area contributed by atoms with Crippen molar-refractivity contribution < 1.29 is 13.9 Å². The minimum Gasteiger partial charge on any atom is -0.375 e. The van der Waals surface area contributed by atoms with Crippen LogP contribution in [0.2, 0.25) is 5.02 Å². The van der Waals surface area contributed by atoms with Gasteiger partial charge in [0.2, 0.25) is 0 Å². The summed E-state index contributed by atoms with van der Waals surface area (Å²) in [5, 5.41) is 3.18. The molecule has 1 saturated carbocycles. The molecule has 4 rings (SSSR count). The first-order chi connectivity index (χ1) is 11.1. The summed E-state index contributed by atoms with van der Waals surface area (Å²) < 4.78 is 19.1. The van der Waals surface area contributed by atoms with Crippen molar-refractivity contribution in [3.05, 3.63) is 34.6 Å². The molecule has 1 aromatic carbocycles. The largest absolute Gasteiger partial charge is 0.375 e. The number of carbonyl (C=O) groups is 1. The predicted molar refractivity (Wildman–Crippen MR) is 85.1 cm³/mol. The first kappa shape index (κ1) is 15.4. The van der Waals surface area contributed by atoms with Crippen molar-refractivity contribution in [1.29, 1.82) is 0 Å². The topological polar surface area (TPSA) is 41.6 Å². The fraction of sp³-hybridized carbons (Fsp3) is 0.588. The summed E-state index contributed by atoms with van der Waals surface area (Å²) in [6.07, 6.45) is 3.83. The van der Waals surface area contributed by atoms with Crippen molar-refractivity contribution in [1.82, 2.24) is 10.2 Å². The molecule has 6 heteroatoms. The van der Waals surface area contributed by atoms with Gasteiger partial charge in [0.15, 0.2) is 0 Å². The van der Waals surface area contributed by atoms with Gasteiger partial charge in [-0.25, -0.2) is 4.39 Å². The Hall–Kier alpha value is -1.17. The van der Waals surface area contributed by atoms with Gasteiger partial charge in [-0.05, 0) is 43.4 Å². The highest BCUT2D eigenvalue weighted by molar-refractivity contribution is 6.33. The third-order valence-corrected chi connectivity index (χ3v) is 5.42. The number of halogens is 2. The van der Waals surface area contributed by atoms with E-state index in [-0.39, 0.29) is 17.0 Å². The third kappa shape index (κ3) is 3.23. The summed E-state index contributed by atoms with van der Waals surface area (Å²) in [4.78, 5) is 14.8. The number of rotatable bonds is 3. The van der Waals surface area contributed by atoms with E-state index in [1.54, 1.807) is 0 Å². The van der Waals surface area contributed by atoms with Crippen LogP contribution >= 0.6 is 11.6 Å². The second kappa shape index (κ2) is 6.04. The Kier molecular flexibility index (Phi) is 4.03. The Morgan fingerprint density at radius 3 is 2.91 bits per heavy atom. The lowest BCUT2D eigenvalue weighted by Gasteiger charge is -2.35. The summed E-state index contributed by atoms with van der Waals surface area (Å²) >= 11 is 5.96. The van der Waals surface area contributed by atoms with Gasteiger partial charge in [-0.1, -0.05) is 11.6 Å². The Balaban J connectivity index is 1.37. The third-order valence-electron chi connectivity index (χ3n) is 5.10. The van der Waals surface area contributed by atoms with Crippen LogP contribution in [-0.2, 0) is 4.74 Å². The highest BCUT2D eigenvalue weighted by Gasteiger charge is 2.42. The molecule has 2 aliphatic heterocycles. The van der Waals surface area contributed by atoms with Crippen molar-refractivity contribution in [2.75, 3.05) is 19.7 Å². The van der Waals surface area contributed by atoms with Gasteiger partial charge in [0.05, 0.1) is 23.3 Å². The van der Waals surface area contributed by atoms with Crippen LogP contribution in [0.15, 0.2) is 18.2 Å². The lowest BCUT2D eigenvalue weighted by atomic mass is 10.1. The number of nitrogens with one attached hydrogen (secondary N) is 1. The number of fused-ring (bicyclic) bond motifs is 1. The van der Waals surface area contributed by atoms with Gasteiger partial charge in [0.25, 0.3) is 5.91 Å². The average Bonchev–Trinajstić information content (AvgIpc) is 3.27. The number of benzene rings is 1. The fourth-order valence-corrected chi connectivity index (χ4v) is 3.95. The van der Waals surface area contributed by atoms with Gasteiger partial charge in [-0.2, -0.15) is 0 Å². The smallest absolute Gasteiger partial charge is 0.253 e. The number of morpholine rings is 1. The van der Waals surface area contributed by atoms with E-state index < -0.39 is 5.82 Å². The molecule has 2 heterocycles. The van der Waals surface area contributed by atoms with Gasteiger partial charge < -0.3 is 10.1 Å². The second-order valence-electron chi connectivity index (χ2n) is 6.85. The van der Waals surface area contributed by atoms with Crippen molar-refractivity contribution in [3.63, 3.8) is 0 Å². The molecule has 0 unspecified atom stereocenters. The van der Waals surface area contributed by atoms with Crippen molar-refractivity contribution in [3.8, 4) is 0 Å². The standard InChI is InChI=1S/C17H20ClFN2O2/c18-15-5-11(19)3-4-14(15)17(22)20-12-6-13-9-23-16(10-1-2-10)8-21(13)7-12/h3-5,10,12-13,16H,1-2,6-9H2,(H,20,22)/t12-,13-,16-/m0/s1. The maximum Gasteiger partial charge on any atom is 0.253 e. The number of nitrogens with zero attached hydrogens (tertiary/aromatic N) is 1. The SMILES string of the molecule is O=C(N[C@H]1C[C@H]2CO[C@H](C3CC3)CN2C1)c1ccc(F)cc1Cl. The van der Waals surface area contributed by atoms with Crippen LogP contribution in [0.4, 0.5) is 4.39 Å². The molecule has 1 amide bonds. The van der Waals surface area contributed by atoms with Crippen LogP contribution in [0, 0.1) is 11.7 Å².